The van der Waals surface area contributed by atoms with Crippen molar-refractivity contribution in [1.82, 2.24) is 40.4 Å². The molecule has 5 atom stereocenters. The molecule has 4 bridgehead atoms. The Labute approximate surface area is 309 Å². The van der Waals surface area contributed by atoms with E-state index in [1.54, 1.807) is 13.8 Å². The molecule has 0 aromatic rings. The molecule has 4 aliphatic heterocycles. The second-order valence-electron chi connectivity index (χ2n) is 13.8. The first-order valence-electron chi connectivity index (χ1n) is 17.7. The van der Waals surface area contributed by atoms with E-state index in [0.29, 0.717) is 71.7 Å². The molecule has 52 heavy (non-hydrogen) atoms. The van der Waals surface area contributed by atoms with Crippen molar-refractivity contribution < 1.29 is 54.2 Å². The molecule has 5 N–H and O–H groups in total. The maximum atomic E-state index is 13.1. The fourth-order valence-electron chi connectivity index (χ4n) is 6.45. The summed E-state index contributed by atoms with van der Waals surface area (Å²) in [6, 6.07) is -1.99. The average molecular weight is 795 g/mol. The molecule has 4 rings (SSSR count). The van der Waals surface area contributed by atoms with Crippen LogP contribution in [0.2, 0.25) is 0 Å². The summed E-state index contributed by atoms with van der Waals surface area (Å²) in [6.45, 7) is 7.75. The van der Waals surface area contributed by atoms with E-state index in [2.05, 4.69) is 16.0 Å². The van der Waals surface area contributed by atoms with Gasteiger partial charge in [0, 0.05) is 6.54 Å². The third-order valence-electron chi connectivity index (χ3n) is 9.41. The van der Waals surface area contributed by atoms with Crippen molar-refractivity contribution in [3.63, 3.8) is 0 Å². The van der Waals surface area contributed by atoms with Gasteiger partial charge >= 0.3 is 194 Å². The molecule has 20 nitrogen and oxygen atoms in total. The van der Waals surface area contributed by atoms with Crippen molar-refractivity contribution in [2.45, 2.75) is 51.6 Å². The Morgan fingerprint density at radius 2 is 1.27 bits per heavy atom. The number of hydrogen-bond donors (Lipinski definition) is 5. The summed E-state index contributed by atoms with van der Waals surface area (Å²) in [5, 5.41) is 27.0. The van der Waals surface area contributed by atoms with Crippen LogP contribution in [-0.4, -0.2) is 210 Å². The summed E-state index contributed by atoms with van der Waals surface area (Å²) < 4.78 is 16.0. The van der Waals surface area contributed by atoms with Crippen LogP contribution in [0.25, 0.3) is 0 Å². The van der Waals surface area contributed by atoms with Gasteiger partial charge < -0.3 is 25.6 Å². The van der Waals surface area contributed by atoms with Crippen LogP contribution in [0.5, 0.6) is 0 Å². The van der Waals surface area contributed by atoms with Crippen molar-refractivity contribution in [2.24, 2.45) is 5.92 Å². The van der Waals surface area contributed by atoms with E-state index in [1.807, 2.05) is 19.6 Å². The fourth-order valence-corrected chi connectivity index (χ4v) is 8.57. The third-order valence-corrected chi connectivity index (χ3v) is 12.3. The summed E-state index contributed by atoms with van der Waals surface area (Å²) in [5.74, 6) is -5.20. The maximum Gasteiger partial charge on any atom is 0.475 e. The molecule has 0 aromatic heterocycles. The Balaban J connectivity index is 1.33. The van der Waals surface area contributed by atoms with Gasteiger partial charge in [-0.15, -0.1) is 0 Å². The zero-order chi connectivity index (χ0) is 37.9. The summed E-state index contributed by atoms with van der Waals surface area (Å²) in [7, 11) is -1.69. The Morgan fingerprint density at radius 3 is 1.75 bits per heavy atom. The maximum absolute atomic E-state index is 13.1. The van der Waals surface area contributed by atoms with Crippen molar-refractivity contribution in [3.05, 3.63) is 0 Å². The summed E-state index contributed by atoms with van der Waals surface area (Å²) in [5.41, 5.74) is 0. The summed E-state index contributed by atoms with van der Waals surface area (Å²) >= 11 is -3.98. The van der Waals surface area contributed by atoms with Crippen LogP contribution in [0.3, 0.4) is 0 Å². The number of likely N-dealkylation sites (tertiary alicyclic amines) is 1. The van der Waals surface area contributed by atoms with Gasteiger partial charge in [-0.25, -0.2) is 0 Å². The third kappa shape index (κ3) is 12.7. The second-order valence-corrected chi connectivity index (χ2v) is 16.5. The van der Waals surface area contributed by atoms with E-state index < -0.39 is 90.5 Å². The van der Waals surface area contributed by atoms with Crippen molar-refractivity contribution >= 4 is 66.0 Å². The van der Waals surface area contributed by atoms with E-state index in [1.165, 1.54) is 11.8 Å². The van der Waals surface area contributed by atoms with Gasteiger partial charge in [-0.05, 0) is 25.7 Å². The number of hydrogen-bond acceptors (Lipinski definition) is 16. The summed E-state index contributed by atoms with van der Waals surface area (Å²) in [6.07, 6.45) is 1.04. The quantitative estimate of drug-likeness (QED) is 0.130. The van der Waals surface area contributed by atoms with Gasteiger partial charge in [0.25, 0.3) is 0 Å². The molecule has 0 spiro atoms. The first-order valence-corrected chi connectivity index (χ1v) is 20.7. The molecule has 4 aliphatic rings. The monoisotopic (exact) mass is 794 g/mol. The number of nitrogens with one attached hydrogen (secondary N) is 3. The van der Waals surface area contributed by atoms with Crippen LogP contribution in [-0.2, 0) is 44.1 Å². The van der Waals surface area contributed by atoms with Gasteiger partial charge in [0.15, 0.2) is 0 Å². The van der Waals surface area contributed by atoms with Gasteiger partial charge in [-0.1, -0.05) is 13.8 Å². The van der Waals surface area contributed by atoms with Crippen molar-refractivity contribution in [2.75, 3.05) is 91.6 Å². The van der Waals surface area contributed by atoms with E-state index in [-0.39, 0.29) is 32.1 Å². The van der Waals surface area contributed by atoms with Crippen LogP contribution in [0.15, 0.2) is 0 Å². The predicted molar refractivity (Wildman–Crippen MR) is 182 cm³/mol. The Bertz CT molecular complexity index is 1290. The molecule has 0 aliphatic carbocycles. The first kappa shape index (κ1) is 41.5. The SMILES string of the molecule is CC(C)[C@H](NC(=O)CNC(=O)CN1CCN2CCN3CCN(CC1)CC(=O)[O][Ga]([O]C(=O)C2)[O]C(=O)C3)C(=O)N[C@H](C)C(=O)N1CCC[C@H]1B(O)O. The second kappa shape index (κ2) is 19.7. The minimum atomic E-state index is -3.98. The van der Waals surface area contributed by atoms with E-state index >= 15 is 0 Å². The van der Waals surface area contributed by atoms with Crippen LogP contribution in [0.4, 0.5) is 0 Å². The van der Waals surface area contributed by atoms with Gasteiger partial charge in [-0.3, -0.25) is 14.4 Å². The Morgan fingerprint density at radius 1 is 0.769 bits per heavy atom. The van der Waals surface area contributed by atoms with E-state index in [4.69, 9.17) is 10.6 Å². The zero-order valence-electron chi connectivity index (χ0n) is 30.0. The molecule has 0 saturated carbocycles. The molecule has 288 valence electrons. The fraction of sp³-hybridized carbons (Fsp3) is 0.767. The summed E-state index contributed by atoms with van der Waals surface area (Å²) in [4.78, 5) is 98.9. The van der Waals surface area contributed by atoms with E-state index in [9.17, 15) is 43.6 Å². The first-order chi connectivity index (χ1) is 24.7. The Kier molecular flexibility index (Phi) is 15.7. The van der Waals surface area contributed by atoms with Crippen LogP contribution >= 0.6 is 0 Å². The molecule has 4 fully saturated rings. The molecular weight excluding hydrogens is 745 g/mol. The molecule has 4 saturated heterocycles. The topological polar surface area (TPSA) is 240 Å². The normalized spacial score (nSPS) is 26.0. The van der Waals surface area contributed by atoms with Gasteiger partial charge in [0.1, 0.15) is 12.1 Å². The molecule has 0 aromatic carbocycles. The van der Waals surface area contributed by atoms with E-state index in [0.717, 1.165) is 0 Å². The van der Waals surface area contributed by atoms with Crippen LogP contribution in [0, 0.1) is 5.92 Å². The smallest absolute Gasteiger partial charge is 0.426 e. The van der Waals surface area contributed by atoms with Crippen molar-refractivity contribution in [3.8, 4) is 0 Å². The van der Waals surface area contributed by atoms with Crippen LogP contribution < -0.4 is 16.0 Å². The number of rotatable bonds is 10. The number of amides is 4. The number of carbonyl (C=O) groups is 7. The van der Waals surface area contributed by atoms with Crippen molar-refractivity contribution in [1.29, 1.82) is 0 Å². The minimum Gasteiger partial charge on any atom is -0.426 e. The van der Waals surface area contributed by atoms with Gasteiger partial charge in [-0.2, -0.15) is 0 Å². The standard InChI is InChI=1S/C30H53BN8O12.Ga/c1-20(2)28(29(48)33-21(3)30(49)39-6-4-5-22(39)31(50)51)34-23(40)15-32-24(41)16-35-7-9-36(17-25(42)43)11-13-38(19-27(46)47)14-12-37(10-8-35)18-26(44)45;/h20-22,28,50-51H,4-19H2,1-3H3,(H,32,41)(H,33,48)(H,34,40)(H,42,43)(H,44,45)(H,46,47);/q;+3/p-3/t21-,22+,28+;/m1./s1. The minimum absolute atomic E-state index is 0.0316. The molecular formula is C30H50BGaN8O12. The largest absolute Gasteiger partial charge is 0.475 e. The zero-order valence-corrected chi connectivity index (χ0v) is 32.4. The molecule has 4 heterocycles. The average Bonchev–Trinajstić information content (AvgIpc) is 3.55. The van der Waals surface area contributed by atoms with Gasteiger partial charge in [0.2, 0.25) is 11.8 Å². The molecule has 22 heteroatoms. The number of fused-ring (bicyclic) bond motifs is 7. The predicted octanol–water partition coefficient (Wildman–Crippen LogP) is -5.39. The molecule has 2 unspecified atom stereocenters. The van der Waals surface area contributed by atoms with Gasteiger partial charge in [0.05, 0.1) is 5.94 Å². The van der Waals surface area contributed by atoms with Crippen LogP contribution in [0.1, 0.15) is 33.6 Å². The number of carbonyl (C=O) groups excluding carboxylic acids is 7. The molecule has 4 amide bonds. The number of nitrogens with zero attached hydrogens (tertiary/aromatic N) is 5. The Hall–Kier alpha value is -3.25. The molecule has 0 radical (unpaired) electrons.